The molecule has 80 valence electrons. The molecule has 0 spiro atoms. The van der Waals surface area contributed by atoms with Crippen LogP contribution in [-0.2, 0) is 0 Å². The highest BCUT2D eigenvalue weighted by atomic mass is 19.1. The molecule has 0 saturated carbocycles. The Labute approximate surface area is 85.1 Å². The molecule has 0 aromatic rings. The molecule has 0 aromatic carbocycles. The molecule has 1 aliphatic rings. The van der Waals surface area contributed by atoms with Crippen molar-refractivity contribution in [1.82, 2.24) is 9.80 Å². The van der Waals surface area contributed by atoms with E-state index in [-0.39, 0.29) is 12.7 Å². The standard InChI is InChI=1S/C10H18FN3/c1-2-10(9-12)14-7-5-13(4-3-11)6-8-14/h10H,2-8H2,1H3. The van der Waals surface area contributed by atoms with Crippen molar-refractivity contribution in [2.45, 2.75) is 19.4 Å². The van der Waals surface area contributed by atoms with E-state index in [1.54, 1.807) is 0 Å². The second-order valence-electron chi connectivity index (χ2n) is 3.62. The Kier molecular flexibility index (Phi) is 4.85. The first-order chi connectivity index (χ1) is 6.81. The first-order valence-electron chi connectivity index (χ1n) is 5.23. The highest BCUT2D eigenvalue weighted by molar-refractivity contribution is 4.92. The summed E-state index contributed by atoms with van der Waals surface area (Å²) in [5.41, 5.74) is 0. The second kappa shape index (κ2) is 5.94. The van der Waals surface area contributed by atoms with Crippen molar-refractivity contribution < 1.29 is 4.39 Å². The predicted molar refractivity (Wildman–Crippen MR) is 53.7 cm³/mol. The quantitative estimate of drug-likeness (QED) is 0.673. The number of hydrogen-bond acceptors (Lipinski definition) is 3. The van der Waals surface area contributed by atoms with Gasteiger partial charge in [-0.2, -0.15) is 5.26 Å². The maximum absolute atomic E-state index is 12.1. The number of rotatable bonds is 4. The zero-order valence-corrected chi connectivity index (χ0v) is 8.75. The van der Waals surface area contributed by atoms with Crippen LogP contribution in [0.1, 0.15) is 13.3 Å². The lowest BCUT2D eigenvalue weighted by Gasteiger charge is -2.36. The number of nitriles is 1. The molecule has 1 saturated heterocycles. The van der Waals surface area contributed by atoms with Crippen LogP contribution in [0.4, 0.5) is 4.39 Å². The highest BCUT2D eigenvalue weighted by Gasteiger charge is 2.21. The molecule has 14 heavy (non-hydrogen) atoms. The van der Waals surface area contributed by atoms with Gasteiger partial charge in [0.05, 0.1) is 12.1 Å². The van der Waals surface area contributed by atoms with Gasteiger partial charge < -0.3 is 0 Å². The van der Waals surface area contributed by atoms with Crippen LogP contribution in [0, 0.1) is 11.3 Å². The molecular weight excluding hydrogens is 181 g/mol. The minimum Gasteiger partial charge on any atom is -0.298 e. The van der Waals surface area contributed by atoms with Crippen LogP contribution in [0.5, 0.6) is 0 Å². The number of piperazine rings is 1. The molecule has 1 atom stereocenters. The van der Waals surface area contributed by atoms with Crippen molar-refractivity contribution in [1.29, 1.82) is 5.26 Å². The molecule has 0 aliphatic carbocycles. The zero-order valence-electron chi connectivity index (χ0n) is 8.75. The molecule has 0 aromatic heterocycles. The van der Waals surface area contributed by atoms with Crippen LogP contribution >= 0.6 is 0 Å². The summed E-state index contributed by atoms with van der Waals surface area (Å²) in [6.07, 6.45) is 0.875. The van der Waals surface area contributed by atoms with Crippen LogP contribution in [0.2, 0.25) is 0 Å². The van der Waals surface area contributed by atoms with Gasteiger partial charge in [-0.05, 0) is 6.42 Å². The average molecular weight is 199 g/mol. The maximum Gasteiger partial charge on any atom is 0.102 e. The Bertz CT molecular complexity index is 194. The van der Waals surface area contributed by atoms with Gasteiger partial charge in [-0.25, -0.2) is 4.39 Å². The number of nitrogens with zero attached hydrogens (tertiary/aromatic N) is 3. The van der Waals surface area contributed by atoms with Gasteiger partial charge in [-0.15, -0.1) is 0 Å². The lowest BCUT2D eigenvalue weighted by Crippen LogP contribution is -2.50. The fourth-order valence-corrected chi connectivity index (χ4v) is 1.85. The molecule has 1 aliphatic heterocycles. The maximum atomic E-state index is 12.1. The lowest BCUT2D eigenvalue weighted by molar-refractivity contribution is 0.108. The van der Waals surface area contributed by atoms with Crippen LogP contribution in [0.15, 0.2) is 0 Å². The van der Waals surface area contributed by atoms with E-state index in [1.165, 1.54) is 0 Å². The first-order valence-corrected chi connectivity index (χ1v) is 5.23. The molecule has 4 heteroatoms. The number of halogens is 1. The van der Waals surface area contributed by atoms with Gasteiger partial charge in [0.1, 0.15) is 6.67 Å². The van der Waals surface area contributed by atoms with Crippen molar-refractivity contribution in [2.75, 3.05) is 39.4 Å². The van der Waals surface area contributed by atoms with Gasteiger partial charge in [0.15, 0.2) is 0 Å². The van der Waals surface area contributed by atoms with Crippen LogP contribution in [-0.4, -0.2) is 55.2 Å². The smallest absolute Gasteiger partial charge is 0.102 e. The third kappa shape index (κ3) is 2.93. The Morgan fingerprint density at radius 2 is 2.00 bits per heavy atom. The van der Waals surface area contributed by atoms with Gasteiger partial charge in [0.2, 0.25) is 0 Å². The van der Waals surface area contributed by atoms with E-state index >= 15 is 0 Å². The van der Waals surface area contributed by atoms with Crippen LogP contribution < -0.4 is 0 Å². The van der Waals surface area contributed by atoms with Gasteiger partial charge in [-0.3, -0.25) is 9.80 Å². The van der Waals surface area contributed by atoms with E-state index in [1.807, 2.05) is 6.92 Å². The van der Waals surface area contributed by atoms with Gasteiger partial charge in [0, 0.05) is 32.7 Å². The van der Waals surface area contributed by atoms with Gasteiger partial charge in [0.25, 0.3) is 0 Å². The zero-order chi connectivity index (χ0) is 10.4. The Balaban J connectivity index is 2.31. The number of hydrogen-bond donors (Lipinski definition) is 0. The predicted octanol–water partition coefficient (Wildman–Crippen LogP) is 0.876. The van der Waals surface area contributed by atoms with E-state index in [0.29, 0.717) is 6.54 Å². The van der Waals surface area contributed by atoms with Gasteiger partial charge in [-0.1, -0.05) is 6.92 Å². The number of alkyl halides is 1. The topological polar surface area (TPSA) is 30.3 Å². The van der Waals surface area contributed by atoms with Gasteiger partial charge >= 0.3 is 0 Å². The molecule has 1 heterocycles. The fourth-order valence-electron chi connectivity index (χ4n) is 1.85. The van der Waals surface area contributed by atoms with E-state index in [9.17, 15) is 4.39 Å². The SMILES string of the molecule is CCC(C#N)N1CCN(CCF)CC1. The summed E-state index contributed by atoms with van der Waals surface area (Å²) in [7, 11) is 0. The highest BCUT2D eigenvalue weighted by Crippen LogP contribution is 2.08. The molecule has 0 radical (unpaired) electrons. The van der Waals surface area contributed by atoms with E-state index in [0.717, 1.165) is 32.6 Å². The molecular formula is C10H18FN3. The van der Waals surface area contributed by atoms with Crippen molar-refractivity contribution in [2.24, 2.45) is 0 Å². The van der Waals surface area contributed by atoms with Crippen molar-refractivity contribution in [3.63, 3.8) is 0 Å². The molecule has 3 nitrogen and oxygen atoms in total. The average Bonchev–Trinajstić information content (AvgIpc) is 2.23. The van der Waals surface area contributed by atoms with Crippen molar-refractivity contribution in [3.05, 3.63) is 0 Å². The first kappa shape index (κ1) is 11.4. The Hall–Kier alpha value is -0.660. The summed E-state index contributed by atoms with van der Waals surface area (Å²) in [6, 6.07) is 2.35. The Morgan fingerprint density at radius 1 is 1.36 bits per heavy atom. The minimum atomic E-state index is -0.268. The molecule has 1 fully saturated rings. The monoisotopic (exact) mass is 199 g/mol. The molecule has 1 rings (SSSR count). The van der Waals surface area contributed by atoms with Crippen LogP contribution in [0.3, 0.4) is 0 Å². The summed E-state index contributed by atoms with van der Waals surface area (Å²) in [4.78, 5) is 4.30. The molecule has 1 unspecified atom stereocenters. The molecule has 0 N–H and O–H groups in total. The van der Waals surface area contributed by atoms with Crippen molar-refractivity contribution in [3.8, 4) is 6.07 Å². The minimum absolute atomic E-state index is 0.0440. The summed E-state index contributed by atoms with van der Waals surface area (Å²) >= 11 is 0. The third-order valence-corrected chi connectivity index (χ3v) is 2.78. The lowest BCUT2D eigenvalue weighted by atomic mass is 10.2. The summed E-state index contributed by atoms with van der Waals surface area (Å²) in [6.45, 7) is 5.87. The van der Waals surface area contributed by atoms with E-state index in [2.05, 4.69) is 15.9 Å². The molecule has 0 amide bonds. The second-order valence-corrected chi connectivity index (χ2v) is 3.62. The summed E-state index contributed by atoms with van der Waals surface area (Å²) in [5, 5.41) is 8.88. The summed E-state index contributed by atoms with van der Waals surface area (Å²) in [5.74, 6) is 0. The summed E-state index contributed by atoms with van der Waals surface area (Å²) < 4.78 is 12.1. The largest absolute Gasteiger partial charge is 0.298 e. The van der Waals surface area contributed by atoms with E-state index in [4.69, 9.17) is 5.26 Å². The van der Waals surface area contributed by atoms with Crippen LogP contribution in [0.25, 0.3) is 0 Å². The van der Waals surface area contributed by atoms with E-state index < -0.39 is 0 Å². The third-order valence-electron chi connectivity index (χ3n) is 2.78. The normalized spacial score (nSPS) is 21.8. The molecule has 0 bridgehead atoms. The van der Waals surface area contributed by atoms with Crippen molar-refractivity contribution >= 4 is 0 Å². The fraction of sp³-hybridized carbons (Fsp3) is 0.900. The Morgan fingerprint density at radius 3 is 2.43 bits per heavy atom.